The van der Waals surface area contributed by atoms with Crippen molar-refractivity contribution in [2.45, 2.75) is 64.1 Å². The van der Waals surface area contributed by atoms with Gasteiger partial charge in [0.15, 0.2) is 0 Å². The van der Waals surface area contributed by atoms with Crippen molar-refractivity contribution in [3.8, 4) is 6.07 Å². The number of nitriles is 1. The highest BCUT2D eigenvalue weighted by Gasteiger charge is 2.56. The zero-order valence-electron chi connectivity index (χ0n) is 14.9. The molecule has 0 aliphatic carbocycles. The van der Waals surface area contributed by atoms with Crippen LogP contribution in [0.25, 0.3) is 0 Å². The molecule has 1 heterocycles. The third-order valence-electron chi connectivity index (χ3n) is 4.42. The van der Waals surface area contributed by atoms with Crippen molar-refractivity contribution < 1.29 is 14.3 Å². The highest BCUT2D eigenvalue weighted by molar-refractivity contribution is 5.93. The van der Waals surface area contributed by atoms with Crippen molar-refractivity contribution in [2.24, 2.45) is 0 Å². The zero-order valence-corrected chi connectivity index (χ0v) is 14.9. The number of allylic oxidation sites excluding steroid dienone is 1. The van der Waals surface area contributed by atoms with Crippen LogP contribution in [0.4, 0.5) is 0 Å². The first-order valence-electron chi connectivity index (χ1n) is 7.72. The first kappa shape index (κ1) is 19.2. The number of piperidine rings is 1. The molecular weight excluding hydrogens is 294 g/mol. The first-order valence-corrected chi connectivity index (χ1v) is 7.72. The molecule has 0 aromatic heterocycles. The maximum Gasteiger partial charge on any atom is 0.331 e. The number of carbonyl (C=O) groups is 2. The predicted octanol–water partition coefficient (Wildman–Crippen LogP) is 1.77. The lowest BCUT2D eigenvalue weighted by atomic mass is 9.68. The van der Waals surface area contributed by atoms with E-state index >= 15 is 0 Å². The van der Waals surface area contributed by atoms with Crippen LogP contribution in [0.5, 0.6) is 0 Å². The summed E-state index contributed by atoms with van der Waals surface area (Å²) in [6.07, 6.45) is 3.77. The summed E-state index contributed by atoms with van der Waals surface area (Å²) < 4.78 is 4.99. The van der Waals surface area contributed by atoms with Crippen LogP contribution in [0.3, 0.4) is 0 Å². The molecule has 1 N–H and O–H groups in total. The Morgan fingerprint density at radius 2 is 1.78 bits per heavy atom. The molecule has 6 heteroatoms. The number of nitrogens with zero attached hydrogens (tertiary/aromatic N) is 2. The Hall–Kier alpha value is -1.87. The molecule has 0 atom stereocenters. The van der Waals surface area contributed by atoms with Gasteiger partial charge in [-0.1, -0.05) is 6.08 Å². The molecule has 0 saturated carbocycles. The lowest BCUT2D eigenvalue weighted by molar-refractivity contribution is -0.161. The average molecular weight is 321 g/mol. The minimum atomic E-state index is -1.11. The van der Waals surface area contributed by atoms with E-state index in [2.05, 4.69) is 16.3 Å². The van der Waals surface area contributed by atoms with Gasteiger partial charge in [0.25, 0.3) is 0 Å². The van der Waals surface area contributed by atoms with Gasteiger partial charge in [0.2, 0.25) is 5.91 Å². The van der Waals surface area contributed by atoms with E-state index in [4.69, 9.17) is 10.00 Å². The maximum absolute atomic E-state index is 12.5. The van der Waals surface area contributed by atoms with Crippen molar-refractivity contribution in [1.29, 1.82) is 5.26 Å². The molecule has 6 nitrogen and oxygen atoms in total. The molecule has 128 valence electrons. The van der Waals surface area contributed by atoms with Crippen LogP contribution in [0, 0.1) is 11.3 Å². The van der Waals surface area contributed by atoms with Gasteiger partial charge in [-0.25, -0.2) is 4.79 Å². The van der Waals surface area contributed by atoms with Crippen LogP contribution >= 0.6 is 0 Å². The summed E-state index contributed by atoms with van der Waals surface area (Å²) in [5, 5.41) is 12.0. The fourth-order valence-electron chi connectivity index (χ4n) is 3.96. The Bertz CT molecular complexity index is 526. The first-order chi connectivity index (χ1) is 10.5. The molecular formula is C17H27N3O3. The molecule has 1 saturated heterocycles. The van der Waals surface area contributed by atoms with Gasteiger partial charge in [0.1, 0.15) is 5.54 Å². The number of amides is 1. The van der Waals surface area contributed by atoms with Crippen molar-refractivity contribution in [2.75, 3.05) is 13.7 Å². The fraction of sp³-hybridized carbons (Fsp3) is 0.706. The molecule has 1 aliphatic heterocycles. The zero-order chi connectivity index (χ0) is 17.9. The number of likely N-dealkylation sites (tertiary alicyclic amines) is 1. The van der Waals surface area contributed by atoms with E-state index in [0.29, 0.717) is 12.8 Å². The molecule has 23 heavy (non-hydrogen) atoms. The van der Waals surface area contributed by atoms with Crippen LogP contribution in [0.15, 0.2) is 12.2 Å². The van der Waals surface area contributed by atoms with E-state index in [-0.39, 0.29) is 12.5 Å². The van der Waals surface area contributed by atoms with Crippen molar-refractivity contribution in [3.05, 3.63) is 12.2 Å². The number of rotatable bonds is 4. The van der Waals surface area contributed by atoms with E-state index in [0.717, 1.165) is 0 Å². The highest BCUT2D eigenvalue weighted by atomic mass is 16.5. The van der Waals surface area contributed by atoms with Gasteiger partial charge in [-0.15, -0.1) is 0 Å². The number of esters is 1. The number of hydrogen-bond donors (Lipinski definition) is 1. The highest BCUT2D eigenvalue weighted by Crippen LogP contribution is 2.43. The number of hydrogen-bond acceptors (Lipinski definition) is 5. The Labute approximate surface area is 138 Å². The Morgan fingerprint density at radius 3 is 2.17 bits per heavy atom. The van der Waals surface area contributed by atoms with Gasteiger partial charge in [0, 0.05) is 11.1 Å². The van der Waals surface area contributed by atoms with Crippen LogP contribution in [0.2, 0.25) is 0 Å². The standard InChI is InChI=1S/C17H27N3O3/c1-7-8-13(21)19-17(14(22)23-6)11-15(2,3)20(10-9-18)16(4,5)12-17/h7-8H,10-12H2,1-6H3,(H,19,21)/b8-7+. The molecule has 0 bridgehead atoms. The maximum atomic E-state index is 12.5. The predicted molar refractivity (Wildman–Crippen MR) is 87.4 cm³/mol. The minimum absolute atomic E-state index is 0.264. The van der Waals surface area contributed by atoms with E-state index < -0.39 is 22.6 Å². The van der Waals surface area contributed by atoms with E-state index in [1.54, 1.807) is 13.0 Å². The van der Waals surface area contributed by atoms with E-state index in [1.807, 2.05) is 27.7 Å². The van der Waals surface area contributed by atoms with Crippen LogP contribution in [-0.4, -0.2) is 47.0 Å². The fourth-order valence-corrected chi connectivity index (χ4v) is 3.96. The summed E-state index contributed by atoms with van der Waals surface area (Å²) in [4.78, 5) is 26.7. The summed E-state index contributed by atoms with van der Waals surface area (Å²) in [5.74, 6) is -0.772. The lowest BCUT2D eigenvalue weighted by Gasteiger charge is -2.57. The van der Waals surface area contributed by atoms with Crippen molar-refractivity contribution in [3.63, 3.8) is 0 Å². The SMILES string of the molecule is C/C=C/C(=O)NC1(C(=O)OC)CC(C)(C)N(CC#N)C(C)(C)C1. The monoisotopic (exact) mass is 321 g/mol. The third-order valence-corrected chi connectivity index (χ3v) is 4.42. The number of ether oxygens (including phenoxy) is 1. The molecule has 0 aromatic rings. The number of carbonyl (C=O) groups excluding carboxylic acids is 2. The van der Waals surface area contributed by atoms with Crippen LogP contribution in [0.1, 0.15) is 47.5 Å². The minimum Gasteiger partial charge on any atom is -0.467 e. The number of nitrogens with one attached hydrogen (secondary N) is 1. The smallest absolute Gasteiger partial charge is 0.331 e. The molecule has 0 spiro atoms. The van der Waals surface area contributed by atoms with Crippen molar-refractivity contribution in [1.82, 2.24) is 10.2 Å². The Kier molecular flexibility index (Phi) is 5.60. The summed E-state index contributed by atoms with van der Waals surface area (Å²) in [7, 11) is 1.33. The second kappa shape index (κ2) is 6.71. The third kappa shape index (κ3) is 3.91. The second-order valence-electron chi connectivity index (χ2n) is 7.29. The number of methoxy groups -OCH3 is 1. The van der Waals surface area contributed by atoms with Gasteiger partial charge in [-0.05, 0) is 53.5 Å². The summed E-state index contributed by atoms with van der Waals surface area (Å²) >= 11 is 0. The lowest BCUT2D eigenvalue weighted by Crippen LogP contribution is -2.71. The summed E-state index contributed by atoms with van der Waals surface area (Å²) in [5.41, 5.74) is -2.01. The second-order valence-corrected chi connectivity index (χ2v) is 7.29. The Morgan fingerprint density at radius 1 is 1.26 bits per heavy atom. The van der Waals surface area contributed by atoms with Crippen LogP contribution < -0.4 is 5.32 Å². The molecule has 1 rings (SSSR count). The van der Waals surface area contributed by atoms with Gasteiger partial charge in [0.05, 0.1) is 19.7 Å². The molecule has 1 amide bonds. The molecule has 0 radical (unpaired) electrons. The summed E-state index contributed by atoms with van der Waals surface area (Å²) in [6.45, 7) is 9.92. The molecule has 1 fully saturated rings. The topological polar surface area (TPSA) is 82.4 Å². The molecule has 0 aromatic carbocycles. The van der Waals surface area contributed by atoms with Gasteiger partial charge in [-0.2, -0.15) is 5.26 Å². The van der Waals surface area contributed by atoms with Crippen LogP contribution in [-0.2, 0) is 14.3 Å². The quantitative estimate of drug-likeness (QED) is 0.485. The Balaban J connectivity index is 3.31. The molecule has 0 unspecified atom stereocenters. The van der Waals surface area contributed by atoms with Gasteiger partial charge < -0.3 is 10.1 Å². The van der Waals surface area contributed by atoms with Gasteiger partial charge >= 0.3 is 5.97 Å². The normalized spacial score (nSPS) is 22.3. The van der Waals surface area contributed by atoms with Crippen molar-refractivity contribution >= 4 is 11.9 Å². The average Bonchev–Trinajstić information content (AvgIpc) is 2.41. The van der Waals surface area contributed by atoms with E-state index in [1.165, 1.54) is 13.2 Å². The van der Waals surface area contributed by atoms with E-state index in [9.17, 15) is 9.59 Å². The summed E-state index contributed by atoms with van der Waals surface area (Å²) in [6, 6.07) is 2.19. The van der Waals surface area contributed by atoms with Gasteiger partial charge in [-0.3, -0.25) is 9.69 Å². The molecule has 1 aliphatic rings. The largest absolute Gasteiger partial charge is 0.467 e.